The molecule has 1 aliphatic rings. The Hall–Kier alpha value is -1.44. The zero-order valence-electron chi connectivity index (χ0n) is 11.2. The van der Waals surface area contributed by atoms with Gasteiger partial charge in [-0.15, -0.1) is 0 Å². The van der Waals surface area contributed by atoms with Crippen LogP contribution in [-0.2, 0) is 21.7 Å². The molecule has 1 unspecified atom stereocenters. The summed E-state index contributed by atoms with van der Waals surface area (Å²) in [4.78, 5) is 4.98. The Labute approximate surface area is 111 Å². The molecule has 106 valence electrons. The number of hydrogen-bond acceptors (Lipinski definition) is 5. The SMILES string of the molecule is Cc1nn(C)cc1C(F)S(=O)(=O)C1=NOC(C)(C)C1. The van der Waals surface area contributed by atoms with Crippen LogP contribution in [0.2, 0.25) is 0 Å². The van der Waals surface area contributed by atoms with E-state index in [1.807, 2.05) is 0 Å². The van der Waals surface area contributed by atoms with Gasteiger partial charge in [-0.3, -0.25) is 4.68 Å². The Morgan fingerprint density at radius 1 is 1.53 bits per heavy atom. The van der Waals surface area contributed by atoms with E-state index in [2.05, 4.69) is 10.3 Å². The molecule has 0 spiro atoms. The van der Waals surface area contributed by atoms with Gasteiger partial charge in [0.25, 0.3) is 0 Å². The van der Waals surface area contributed by atoms with Crippen molar-refractivity contribution in [3.05, 3.63) is 17.5 Å². The summed E-state index contributed by atoms with van der Waals surface area (Å²) in [6.45, 7) is 4.96. The third kappa shape index (κ3) is 2.49. The molecule has 1 aromatic heterocycles. The van der Waals surface area contributed by atoms with E-state index in [0.29, 0.717) is 5.69 Å². The highest BCUT2D eigenvalue weighted by Crippen LogP contribution is 2.33. The molecular formula is C11H16FN3O3S. The molecule has 0 saturated carbocycles. The predicted molar refractivity (Wildman–Crippen MR) is 67.9 cm³/mol. The summed E-state index contributed by atoms with van der Waals surface area (Å²) in [5, 5.41) is 7.19. The molecule has 1 aliphatic heterocycles. The van der Waals surface area contributed by atoms with Crippen LogP contribution in [0.15, 0.2) is 11.4 Å². The lowest BCUT2D eigenvalue weighted by molar-refractivity contribution is 0.0123. The van der Waals surface area contributed by atoms with Crippen LogP contribution in [0.25, 0.3) is 0 Å². The van der Waals surface area contributed by atoms with Crippen LogP contribution in [0.1, 0.15) is 37.0 Å². The van der Waals surface area contributed by atoms with Crippen LogP contribution in [0.5, 0.6) is 0 Å². The number of hydrogen-bond donors (Lipinski definition) is 0. The van der Waals surface area contributed by atoms with Crippen molar-refractivity contribution in [2.45, 2.75) is 38.3 Å². The van der Waals surface area contributed by atoms with Crippen molar-refractivity contribution < 1.29 is 17.6 Å². The lowest BCUT2D eigenvalue weighted by Gasteiger charge is -2.13. The fourth-order valence-electron chi connectivity index (χ4n) is 1.88. The number of alkyl halides is 1. The average molecular weight is 289 g/mol. The van der Waals surface area contributed by atoms with E-state index in [-0.39, 0.29) is 17.0 Å². The topological polar surface area (TPSA) is 73.5 Å². The number of oxime groups is 1. The van der Waals surface area contributed by atoms with Gasteiger partial charge < -0.3 is 4.84 Å². The minimum atomic E-state index is -4.17. The number of aryl methyl sites for hydroxylation is 2. The highest BCUT2D eigenvalue weighted by Gasteiger charge is 2.41. The second kappa shape index (κ2) is 4.29. The van der Waals surface area contributed by atoms with Crippen molar-refractivity contribution in [1.29, 1.82) is 0 Å². The van der Waals surface area contributed by atoms with Crippen LogP contribution in [0.3, 0.4) is 0 Å². The van der Waals surface area contributed by atoms with Gasteiger partial charge in [0.05, 0.1) is 5.69 Å². The van der Waals surface area contributed by atoms with Crippen LogP contribution < -0.4 is 0 Å². The predicted octanol–water partition coefficient (Wildman–Crippen LogP) is 1.62. The Kier molecular flexibility index (Phi) is 3.16. The second-order valence-electron chi connectivity index (χ2n) is 5.22. The molecule has 8 heteroatoms. The first kappa shape index (κ1) is 14.0. The van der Waals surface area contributed by atoms with Crippen molar-refractivity contribution in [1.82, 2.24) is 9.78 Å². The van der Waals surface area contributed by atoms with Crippen molar-refractivity contribution in [2.75, 3.05) is 0 Å². The molecule has 6 nitrogen and oxygen atoms in total. The maximum atomic E-state index is 14.3. The van der Waals surface area contributed by atoms with Crippen LogP contribution in [-0.4, -0.2) is 28.8 Å². The second-order valence-corrected chi connectivity index (χ2v) is 7.19. The van der Waals surface area contributed by atoms with Crippen LogP contribution in [0.4, 0.5) is 4.39 Å². The molecule has 0 saturated heterocycles. The van der Waals surface area contributed by atoms with E-state index in [4.69, 9.17) is 4.84 Å². The van der Waals surface area contributed by atoms with E-state index < -0.39 is 20.9 Å². The number of aromatic nitrogens is 2. The summed E-state index contributed by atoms with van der Waals surface area (Å²) in [5.74, 6) is 0. The Bertz CT molecular complexity index is 634. The van der Waals surface area contributed by atoms with E-state index in [0.717, 1.165) is 0 Å². The minimum Gasteiger partial charge on any atom is -0.389 e. The summed E-state index contributed by atoms with van der Waals surface area (Å²) in [6, 6.07) is 0. The van der Waals surface area contributed by atoms with Gasteiger partial charge in [-0.05, 0) is 20.8 Å². The fraction of sp³-hybridized carbons (Fsp3) is 0.636. The van der Waals surface area contributed by atoms with Gasteiger partial charge in [0.2, 0.25) is 15.3 Å². The first-order valence-electron chi connectivity index (χ1n) is 5.77. The Morgan fingerprint density at radius 3 is 2.58 bits per heavy atom. The summed E-state index contributed by atoms with van der Waals surface area (Å²) in [7, 11) is -2.56. The summed E-state index contributed by atoms with van der Waals surface area (Å²) >= 11 is 0. The monoisotopic (exact) mass is 289 g/mol. The van der Waals surface area contributed by atoms with E-state index in [9.17, 15) is 12.8 Å². The maximum absolute atomic E-state index is 14.3. The lowest BCUT2D eigenvalue weighted by atomic mass is 10.1. The molecule has 2 heterocycles. The maximum Gasteiger partial charge on any atom is 0.234 e. The van der Waals surface area contributed by atoms with Gasteiger partial charge in [-0.1, -0.05) is 5.16 Å². The standard InChI is InChI=1S/C11H16FN3O3S/c1-7-8(6-15(4)13-7)10(12)19(16,17)9-5-11(2,3)18-14-9/h6,10H,5H2,1-4H3. The fourth-order valence-corrected chi connectivity index (χ4v) is 3.38. The van der Waals surface area contributed by atoms with Crippen molar-refractivity contribution in [2.24, 2.45) is 12.2 Å². The number of nitrogens with zero attached hydrogens (tertiary/aromatic N) is 3. The Balaban J connectivity index is 2.33. The Morgan fingerprint density at radius 2 is 2.16 bits per heavy atom. The molecule has 0 aromatic carbocycles. The molecule has 0 amide bonds. The first-order chi connectivity index (χ1) is 8.63. The van der Waals surface area contributed by atoms with Crippen LogP contribution >= 0.6 is 0 Å². The molecule has 1 atom stereocenters. The zero-order chi connectivity index (χ0) is 14.4. The lowest BCUT2D eigenvalue weighted by Crippen LogP contribution is -2.24. The molecule has 0 bridgehead atoms. The normalized spacial score (nSPS) is 19.9. The van der Waals surface area contributed by atoms with Gasteiger partial charge in [-0.25, -0.2) is 12.8 Å². The molecule has 0 radical (unpaired) electrons. The molecule has 19 heavy (non-hydrogen) atoms. The number of sulfone groups is 1. The largest absolute Gasteiger partial charge is 0.389 e. The van der Waals surface area contributed by atoms with Gasteiger partial charge in [0.15, 0.2) is 5.04 Å². The summed E-state index contributed by atoms with van der Waals surface area (Å²) < 4.78 is 40.0. The van der Waals surface area contributed by atoms with E-state index in [1.165, 1.54) is 10.9 Å². The molecule has 0 N–H and O–H groups in total. The van der Waals surface area contributed by atoms with Gasteiger partial charge >= 0.3 is 0 Å². The average Bonchev–Trinajstić information content (AvgIpc) is 2.80. The van der Waals surface area contributed by atoms with Gasteiger partial charge in [0.1, 0.15) is 5.60 Å². The summed E-state index contributed by atoms with van der Waals surface area (Å²) in [5.41, 5.74) is -2.50. The van der Waals surface area contributed by atoms with E-state index in [1.54, 1.807) is 27.8 Å². The number of halogens is 1. The van der Waals surface area contributed by atoms with E-state index >= 15 is 0 Å². The van der Waals surface area contributed by atoms with Gasteiger partial charge in [-0.2, -0.15) is 5.10 Å². The quantitative estimate of drug-likeness (QED) is 0.829. The molecule has 1 aromatic rings. The zero-order valence-corrected chi connectivity index (χ0v) is 12.0. The smallest absolute Gasteiger partial charge is 0.234 e. The third-order valence-electron chi connectivity index (χ3n) is 2.87. The molecule has 2 rings (SSSR count). The molecular weight excluding hydrogens is 273 g/mol. The molecule has 0 aliphatic carbocycles. The highest BCUT2D eigenvalue weighted by atomic mass is 32.2. The number of rotatable bonds is 2. The third-order valence-corrected chi connectivity index (χ3v) is 4.54. The van der Waals surface area contributed by atoms with Crippen LogP contribution in [0, 0.1) is 6.92 Å². The van der Waals surface area contributed by atoms with Crippen molar-refractivity contribution in [3.8, 4) is 0 Å². The first-order valence-corrected chi connectivity index (χ1v) is 7.31. The van der Waals surface area contributed by atoms with Crippen molar-refractivity contribution in [3.63, 3.8) is 0 Å². The minimum absolute atomic E-state index is 0.0370. The molecule has 0 fully saturated rings. The van der Waals surface area contributed by atoms with Gasteiger partial charge in [0, 0.05) is 25.2 Å². The highest BCUT2D eigenvalue weighted by molar-refractivity contribution is 8.06. The summed E-state index contributed by atoms with van der Waals surface area (Å²) in [6.07, 6.45) is 1.42. The van der Waals surface area contributed by atoms with Crippen molar-refractivity contribution >= 4 is 14.9 Å².